The molecule has 0 spiro atoms. The number of hydrogen-bond donors (Lipinski definition) is 2. The van der Waals surface area contributed by atoms with E-state index in [9.17, 15) is 4.39 Å². The molecule has 28 heavy (non-hydrogen) atoms. The largest absolute Gasteiger partial charge is 0.490 e. The van der Waals surface area contributed by atoms with Crippen LogP contribution in [-0.4, -0.2) is 39.8 Å². The van der Waals surface area contributed by atoms with Crippen molar-refractivity contribution in [2.75, 3.05) is 44.1 Å². The fourth-order valence-electron chi connectivity index (χ4n) is 2.87. The van der Waals surface area contributed by atoms with Gasteiger partial charge in [0.1, 0.15) is 5.82 Å². The topological polar surface area (TPSA) is 58.1 Å². The number of nitrogens with zero attached hydrogens (tertiary/aromatic N) is 2. The second kappa shape index (κ2) is 9.30. The molecule has 7 heteroatoms. The van der Waals surface area contributed by atoms with Crippen LogP contribution in [0.25, 0.3) is 0 Å². The van der Waals surface area contributed by atoms with Crippen LogP contribution in [0.4, 0.5) is 15.8 Å². The molecule has 1 aliphatic rings. The standard InChI is InChI=1S/C21H27FN4O2/c1-4-23-21(24-14-15-6-8-18(26(2)3)17(22)12-15)25-16-7-9-19-20(13-16)28-11-5-10-27-19/h6-9,12-13H,4-5,10-11,14H2,1-3H3,(H2,23,24,25). The lowest BCUT2D eigenvalue weighted by Gasteiger charge is -2.15. The first-order valence-corrected chi connectivity index (χ1v) is 9.47. The number of nitrogens with one attached hydrogen (secondary N) is 2. The normalized spacial score (nSPS) is 13.6. The van der Waals surface area contributed by atoms with Crippen LogP contribution in [0.2, 0.25) is 0 Å². The van der Waals surface area contributed by atoms with Gasteiger partial charge in [0.05, 0.1) is 25.4 Å². The molecule has 0 aromatic heterocycles. The molecule has 150 valence electrons. The lowest BCUT2D eigenvalue weighted by molar-refractivity contribution is 0.297. The molecule has 0 fully saturated rings. The van der Waals surface area contributed by atoms with Crippen molar-refractivity contribution in [3.63, 3.8) is 0 Å². The summed E-state index contributed by atoms with van der Waals surface area (Å²) in [6.07, 6.45) is 0.866. The summed E-state index contributed by atoms with van der Waals surface area (Å²) in [7, 11) is 3.64. The van der Waals surface area contributed by atoms with Gasteiger partial charge in [-0.1, -0.05) is 6.07 Å². The highest BCUT2D eigenvalue weighted by molar-refractivity contribution is 5.93. The Bertz CT molecular complexity index is 839. The van der Waals surface area contributed by atoms with Crippen molar-refractivity contribution in [2.45, 2.75) is 19.9 Å². The third kappa shape index (κ3) is 5.06. The molecule has 6 nitrogen and oxygen atoms in total. The van der Waals surface area contributed by atoms with Crippen LogP contribution >= 0.6 is 0 Å². The number of ether oxygens (including phenoxy) is 2. The van der Waals surface area contributed by atoms with Gasteiger partial charge in [0, 0.05) is 38.8 Å². The number of rotatable bonds is 5. The SMILES string of the molecule is CCNC(=NCc1ccc(N(C)C)c(F)c1)Nc1ccc2c(c1)OCCCO2. The lowest BCUT2D eigenvalue weighted by atomic mass is 10.2. The molecular weight excluding hydrogens is 359 g/mol. The van der Waals surface area contributed by atoms with Gasteiger partial charge in [0.15, 0.2) is 17.5 Å². The smallest absolute Gasteiger partial charge is 0.196 e. The molecule has 0 saturated heterocycles. The highest BCUT2D eigenvalue weighted by Gasteiger charge is 2.11. The molecule has 1 heterocycles. The Morgan fingerprint density at radius 2 is 1.89 bits per heavy atom. The van der Waals surface area contributed by atoms with Crippen LogP contribution in [0.1, 0.15) is 18.9 Å². The summed E-state index contributed by atoms with van der Waals surface area (Å²) >= 11 is 0. The number of benzene rings is 2. The molecular formula is C21H27FN4O2. The van der Waals surface area contributed by atoms with E-state index < -0.39 is 0 Å². The molecule has 2 aromatic rings. The van der Waals surface area contributed by atoms with Gasteiger partial charge in [-0.15, -0.1) is 0 Å². The maximum atomic E-state index is 14.2. The van der Waals surface area contributed by atoms with Gasteiger partial charge in [-0.3, -0.25) is 0 Å². The van der Waals surface area contributed by atoms with E-state index in [1.54, 1.807) is 11.0 Å². The predicted octanol–water partition coefficient (Wildman–Crippen LogP) is 3.63. The van der Waals surface area contributed by atoms with Crippen molar-refractivity contribution >= 4 is 17.3 Å². The summed E-state index contributed by atoms with van der Waals surface area (Å²) in [5.74, 6) is 1.84. The molecule has 3 rings (SSSR count). The van der Waals surface area contributed by atoms with E-state index in [4.69, 9.17) is 9.47 Å². The van der Waals surface area contributed by atoms with Crippen molar-refractivity contribution in [2.24, 2.45) is 4.99 Å². The number of aliphatic imine (C=N–C) groups is 1. The molecule has 1 aliphatic heterocycles. The van der Waals surface area contributed by atoms with Gasteiger partial charge in [0.25, 0.3) is 0 Å². The average molecular weight is 386 g/mol. The molecule has 0 bridgehead atoms. The molecule has 0 radical (unpaired) electrons. The van der Waals surface area contributed by atoms with Gasteiger partial charge in [-0.25, -0.2) is 9.38 Å². The minimum atomic E-state index is -0.251. The molecule has 0 saturated carbocycles. The minimum absolute atomic E-state index is 0.251. The zero-order valence-electron chi connectivity index (χ0n) is 16.6. The summed E-state index contributed by atoms with van der Waals surface area (Å²) in [5.41, 5.74) is 2.21. The van der Waals surface area contributed by atoms with E-state index in [0.29, 0.717) is 38.0 Å². The average Bonchev–Trinajstić information content (AvgIpc) is 2.91. The second-order valence-electron chi connectivity index (χ2n) is 6.71. The van der Waals surface area contributed by atoms with Gasteiger partial charge < -0.3 is 25.0 Å². The number of fused-ring (bicyclic) bond motifs is 1. The summed E-state index contributed by atoms with van der Waals surface area (Å²) in [4.78, 5) is 6.32. The first-order chi connectivity index (χ1) is 13.6. The van der Waals surface area contributed by atoms with Crippen LogP contribution < -0.4 is 25.0 Å². The van der Waals surface area contributed by atoms with Crippen molar-refractivity contribution in [3.8, 4) is 11.5 Å². The summed E-state index contributed by atoms with van der Waals surface area (Å²) in [6.45, 7) is 4.37. The number of hydrogen-bond acceptors (Lipinski definition) is 4. The predicted molar refractivity (Wildman–Crippen MR) is 111 cm³/mol. The zero-order chi connectivity index (χ0) is 19.9. The van der Waals surface area contributed by atoms with E-state index in [-0.39, 0.29) is 5.82 Å². The van der Waals surface area contributed by atoms with Gasteiger partial charge >= 0.3 is 0 Å². The number of guanidine groups is 1. The lowest BCUT2D eigenvalue weighted by Crippen LogP contribution is -2.30. The molecule has 2 N–H and O–H groups in total. The Labute approximate surface area is 165 Å². The quantitative estimate of drug-likeness (QED) is 0.607. The summed E-state index contributed by atoms with van der Waals surface area (Å²) < 4.78 is 25.6. The van der Waals surface area contributed by atoms with Gasteiger partial charge in [-0.2, -0.15) is 0 Å². The van der Waals surface area contributed by atoms with Crippen LogP contribution in [0.5, 0.6) is 11.5 Å². The Morgan fingerprint density at radius 3 is 2.61 bits per heavy atom. The van der Waals surface area contributed by atoms with Crippen LogP contribution in [-0.2, 0) is 6.54 Å². The van der Waals surface area contributed by atoms with E-state index in [1.807, 2.05) is 45.3 Å². The van der Waals surface area contributed by atoms with Crippen molar-refractivity contribution in [1.82, 2.24) is 5.32 Å². The molecule has 0 amide bonds. The molecule has 0 aliphatic carbocycles. The second-order valence-corrected chi connectivity index (χ2v) is 6.71. The fraction of sp³-hybridized carbons (Fsp3) is 0.381. The Kier molecular flexibility index (Phi) is 6.57. The van der Waals surface area contributed by atoms with Gasteiger partial charge in [0.2, 0.25) is 0 Å². The number of anilines is 2. The Balaban J connectivity index is 1.72. The monoisotopic (exact) mass is 386 g/mol. The summed E-state index contributed by atoms with van der Waals surface area (Å²) in [6, 6.07) is 10.9. The third-order valence-corrected chi connectivity index (χ3v) is 4.27. The third-order valence-electron chi connectivity index (χ3n) is 4.27. The van der Waals surface area contributed by atoms with Crippen molar-refractivity contribution < 1.29 is 13.9 Å². The van der Waals surface area contributed by atoms with Crippen molar-refractivity contribution in [3.05, 3.63) is 47.8 Å². The van der Waals surface area contributed by atoms with Crippen LogP contribution in [0, 0.1) is 5.82 Å². The van der Waals surface area contributed by atoms with E-state index >= 15 is 0 Å². The number of halogens is 1. The first-order valence-electron chi connectivity index (χ1n) is 9.47. The van der Waals surface area contributed by atoms with E-state index in [0.717, 1.165) is 29.2 Å². The highest BCUT2D eigenvalue weighted by atomic mass is 19.1. The zero-order valence-corrected chi connectivity index (χ0v) is 16.6. The fourth-order valence-corrected chi connectivity index (χ4v) is 2.87. The van der Waals surface area contributed by atoms with Gasteiger partial charge in [-0.05, 0) is 36.8 Å². The molecule has 0 unspecified atom stereocenters. The van der Waals surface area contributed by atoms with Crippen LogP contribution in [0.3, 0.4) is 0 Å². The van der Waals surface area contributed by atoms with E-state index in [1.165, 1.54) is 6.07 Å². The summed E-state index contributed by atoms with van der Waals surface area (Å²) in [5, 5.41) is 6.47. The highest BCUT2D eigenvalue weighted by Crippen LogP contribution is 2.32. The maximum Gasteiger partial charge on any atom is 0.196 e. The van der Waals surface area contributed by atoms with Crippen molar-refractivity contribution in [1.29, 1.82) is 0 Å². The van der Waals surface area contributed by atoms with Crippen LogP contribution in [0.15, 0.2) is 41.4 Å². The molecule has 0 atom stereocenters. The Morgan fingerprint density at radius 1 is 1.11 bits per heavy atom. The Hall–Kier alpha value is -2.96. The molecule has 2 aromatic carbocycles. The van der Waals surface area contributed by atoms with E-state index in [2.05, 4.69) is 15.6 Å². The minimum Gasteiger partial charge on any atom is -0.490 e. The maximum absolute atomic E-state index is 14.2. The first kappa shape index (κ1) is 19.8.